The lowest BCUT2D eigenvalue weighted by atomic mass is 9.95. The molecule has 1 fully saturated rings. The van der Waals surface area contributed by atoms with Gasteiger partial charge in [0, 0.05) is 19.0 Å². The third-order valence-corrected chi connectivity index (χ3v) is 5.40. The molecule has 138 valence electrons. The Morgan fingerprint density at radius 3 is 2.46 bits per heavy atom. The Bertz CT molecular complexity index is 690. The van der Waals surface area contributed by atoms with Crippen LogP contribution in [0.4, 0.5) is 0 Å². The highest BCUT2D eigenvalue weighted by atomic mass is 16.1. The van der Waals surface area contributed by atoms with Crippen LogP contribution in [0.2, 0.25) is 0 Å². The van der Waals surface area contributed by atoms with Crippen molar-refractivity contribution in [2.24, 2.45) is 5.92 Å². The summed E-state index contributed by atoms with van der Waals surface area (Å²) in [7, 11) is 0. The van der Waals surface area contributed by atoms with E-state index in [2.05, 4.69) is 65.7 Å². The van der Waals surface area contributed by atoms with E-state index in [0.29, 0.717) is 0 Å². The molecule has 3 nitrogen and oxygen atoms in total. The molecule has 1 amide bonds. The minimum absolute atomic E-state index is 0.180. The lowest BCUT2D eigenvalue weighted by molar-refractivity contribution is -0.126. The van der Waals surface area contributed by atoms with Gasteiger partial charge in [-0.25, -0.2) is 0 Å². The fraction of sp³-hybridized carbons (Fsp3) is 0.435. The molecule has 0 atom stereocenters. The Labute approximate surface area is 157 Å². The van der Waals surface area contributed by atoms with Crippen LogP contribution in [0.15, 0.2) is 54.6 Å². The number of hydrogen-bond donors (Lipinski definition) is 1. The predicted molar refractivity (Wildman–Crippen MR) is 107 cm³/mol. The SMILES string of the molecule is Cc1ccccc1CN1CCC(C(=O)NCCCc2ccccc2)CC1. The molecule has 1 saturated heterocycles. The van der Waals surface area contributed by atoms with E-state index in [1.165, 1.54) is 16.7 Å². The van der Waals surface area contributed by atoms with Crippen LogP contribution in [0, 0.1) is 12.8 Å². The van der Waals surface area contributed by atoms with Crippen LogP contribution < -0.4 is 5.32 Å². The molecule has 1 N–H and O–H groups in total. The summed E-state index contributed by atoms with van der Waals surface area (Å²) in [5, 5.41) is 3.14. The van der Waals surface area contributed by atoms with Crippen molar-refractivity contribution in [3.05, 3.63) is 71.3 Å². The third kappa shape index (κ3) is 5.43. The van der Waals surface area contributed by atoms with Crippen molar-refractivity contribution in [1.82, 2.24) is 10.2 Å². The second-order valence-electron chi connectivity index (χ2n) is 7.36. The zero-order valence-electron chi connectivity index (χ0n) is 15.8. The van der Waals surface area contributed by atoms with Gasteiger partial charge in [-0.3, -0.25) is 9.69 Å². The molecule has 0 bridgehead atoms. The molecule has 1 heterocycles. The first-order valence-corrected chi connectivity index (χ1v) is 9.81. The van der Waals surface area contributed by atoms with Gasteiger partial charge in [0.05, 0.1) is 0 Å². The molecule has 2 aromatic carbocycles. The number of aryl methyl sites for hydroxylation is 2. The number of carbonyl (C=O) groups excluding carboxylic acids is 1. The van der Waals surface area contributed by atoms with Crippen molar-refractivity contribution in [2.75, 3.05) is 19.6 Å². The van der Waals surface area contributed by atoms with E-state index in [1.54, 1.807) is 0 Å². The Balaban J connectivity index is 1.35. The Kier molecular flexibility index (Phi) is 6.84. The fourth-order valence-corrected chi connectivity index (χ4v) is 3.67. The Hall–Kier alpha value is -2.13. The van der Waals surface area contributed by atoms with Gasteiger partial charge in [-0.15, -0.1) is 0 Å². The van der Waals surface area contributed by atoms with Gasteiger partial charge in [0.25, 0.3) is 0 Å². The normalized spacial score (nSPS) is 15.7. The molecule has 0 aromatic heterocycles. The molecule has 1 aliphatic heterocycles. The molecule has 0 radical (unpaired) electrons. The molecule has 0 spiro atoms. The Morgan fingerprint density at radius 2 is 1.73 bits per heavy atom. The van der Waals surface area contributed by atoms with Gasteiger partial charge < -0.3 is 5.32 Å². The van der Waals surface area contributed by atoms with Crippen molar-refractivity contribution >= 4 is 5.91 Å². The molecule has 0 unspecified atom stereocenters. The molecule has 0 saturated carbocycles. The highest BCUT2D eigenvalue weighted by molar-refractivity contribution is 5.78. The van der Waals surface area contributed by atoms with Crippen LogP contribution in [0.5, 0.6) is 0 Å². The zero-order valence-corrected chi connectivity index (χ0v) is 15.8. The van der Waals surface area contributed by atoms with Crippen molar-refractivity contribution in [2.45, 2.75) is 39.2 Å². The molecule has 3 heteroatoms. The number of rotatable bonds is 7. The van der Waals surface area contributed by atoms with Crippen molar-refractivity contribution in [3.8, 4) is 0 Å². The van der Waals surface area contributed by atoms with Crippen molar-refractivity contribution < 1.29 is 4.79 Å². The van der Waals surface area contributed by atoms with Gasteiger partial charge in [0.2, 0.25) is 5.91 Å². The lowest BCUT2D eigenvalue weighted by Gasteiger charge is -2.31. The van der Waals surface area contributed by atoms with Crippen molar-refractivity contribution in [1.29, 1.82) is 0 Å². The number of hydrogen-bond acceptors (Lipinski definition) is 2. The maximum Gasteiger partial charge on any atom is 0.223 e. The maximum atomic E-state index is 12.4. The number of likely N-dealkylation sites (tertiary alicyclic amines) is 1. The average molecular weight is 351 g/mol. The van der Waals surface area contributed by atoms with Crippen LogP contribution >= 0.6 is 0 Å². The molecular formula is C23H30N2O. The monoisotopic (exact) mass is 350 g/mol. The standard InChI is InChI=1S/C23H30N2O/c1-19-8-5-6-12-22(19)18-25-16-13-21(14-17-25)23(26)24-15-7-11-20-9-3-2-4-10-20/h2-6,8-10,12,21H,7,11,13-18H2,1H3,(H,24,26). The number of amides is 1. The largest absolute Gasteiger partial charge is 0.356 e. The predicted octanol–water partition coefficient (Wildman–Crippen LogP) is 3.96. The average Bonchev–Trinajstić information content (AvgIpc) is 2.68. The highest BCUT2D eigenvalue weighted by Crippen LogP contribution is 2.20. The van der Waals surface area contributed by atoms with E-state index in [0.717, 1.165) is 51.9 Å². The second kappa shape index (κ2) is 9.54. The Morgan fingerprint density at radius 1 is 1.04 bits per heavy atom. The van der Waals surface area contributed by atoms with Crippen LogP contribution in [-0.4, -0.2) is 30.4 Å². The molecule has 3 rings (SSSR count). The molecule has 2 aromatic rings. The van der Waals surface area contributed by atoms with E-state index in [-0.39, 0.29) is 11.8 Å². The first-order chi connectivity index (χ1) is 12.7. The third-order valence-electron chi connectivity index (χ3n) is 5.40. The fourth-order valence-electron chi connectivity index (χ4n) is 3.67. The van der Waals surface area contributed by atoms with Crippen LogP contribution in [-0.2, 0) is 17.8 Å². The highest BCUT2D eigenvalue weighted by Gasteiger charge is 2.24. The van der Waals surface area contributed by atoms with Gasteiger partial charge in [-0.1, -0.05) is 54.6 Å². The molecule has 1 aliphatic rings. The van der Waals surface area contributed by atoms with Crippen LogP contribution in [0.25, 0.3) is 0 Å². The number of benzene rings is 2. The summed E-state index contributed by atoms with van der Waals surface area (Å²) >= 11 is 0. The molecule has 0 aliphatic carbocycles. The quantitative estimate of drug-likeness (QED) is 0.767. The van der Waals surface area contributed by atoms with Gasteiger partial charge in [-0.05, 0) is 62.4 Å². The van der Waals surface area contributed by atoms with Gasteiger partial charge in [0.15, 0.2) is 0 Å². The first-order valence-electron chi connectivity index (χ1n) is 9.81. The minimum atomic E-state index is 0.180. The van der Waals surface area contributed by atoms with E-state index >= 15 is 0 Å². The summed E-state index contributed by atoms with van der Waals surface area (Å²) in [4.78, 5) is 14.9. The lowest BCUT2D eigenvalue weighted by Crippen LogP contribution is -2.40. The number of piperidine rings is 1. The van der Waals surface area contributed by atoms with E-state index in [9.17, 15) is 4.79 Å². The second-order valence-corrected chi connectivity index (χ2v) is 7.36. The van der Waals surface area contributed by atoms with Gasteiger partial charge >= 0.3 is 0 Å². The summed E-state index contributed by atoms with van der Waals surface area (Å²) in [6.07, 6.45) is 3.96. The van der Waals surface area contributed by atoms with E-state index < -0.39 is 0 Å². The van der Waals surface area contributed by atoms with Crippen LogP contribution in [0.3, 0.4) is 0 Å². The van der Waals surface area contributed by atoms with Gasteiger partial charge in [0.1, 0.15) is 0 Å². The molecule has 26 heavy (non-hydrogen) atoms. The minimum Gasteiger partial charge on any atom is -0.356 e. The van der Waals surface area contributed by atoms with Crippen LogP contribution in [0.1, 0.15) is 36.0 Å². The van der Waals surface area contributed by atoms with Gasteiger partial charge in [-0.2, -0.15) is 0 Å². The summed E-state index contributed by atoms with van der Waals surface area (Å²) in [5.41, 5.74) is 4.09. The smallest absolute Gasteiger partial charge is 0.223 e. The first kappa shape index (κ1) is 18.7. The summed E-state index contributed by atoms with van der Waals surface area (Å²) in [6.45, 7) is 5.97. The summed E-state index contributed by atoms with van der Waals surface area (Å²) < 4.78 is 0. The van der Waals surface area contributed by atoms with E-state index in [1.807, 2.05) is 6.07 Å². The number of nitrogens with one attached hydrogen (secondary N) is 1. The summed E-state index contributed by atoms with van der Waals surface area (Å²) in [6, 6.07) is 19.0. The maximum absolute atomic E-state index is 12.4. The number of nitrogens with zero attached hydrogens (tertiary/aromatic N) is 1. The van der Waals surface area contributed by atoms with E-state index in [4.69, 9.17) is 0 Å². The summed E-state index contributed by atoms with van der Waals surface area (Å²) in [5.74, 6) is 0.424. The topological polar surface area (TPSA) is 32.3 Å². The zero-order chi connectivity index (χ0) is 18.2. The number of carbonyl (C=O) groups is 1. The van der Waals surface area contributed by atoms with Crippen molar-refractivity contribution in [3.63, 3.8) is 0 Å². The molecular weight excluding hydrogens is 320 g/mol.